The summed E-state index contributed by atoms with van der Waals surface area (Å²) in [5.41, 5.74) is 1.49. The minimum atomic E-state index is -0.177. The molecule has 134 valence electrons. The fourth-order valence-electron chi connectivity index (χ4n) is 3.91. The summed E-state index contributed by atoms with van der Waals surface area (Å²) in [6.45, 7) is 2.88. The zero-order valence-electron chi connectivity index (χ0n) is 14.5. The van der Waals surface area contributed by atoms with Crippen LogP contribution < -0.4 is 15.5 Å². The van der Waals surface area contributed by atoms with Gasteiger partial charge in [-0.1, -0.05) is 12.1 Å². The van der Waals surface area contributed by atoms with Gasteiger partial charge < -0.3 is 20.4 Å². The minimum absolute atomic E-state index is 0.127. The number of carbonyl (C=O) groups excluding carboxylic acids is 2. The van der Waals surface area contributed by atoms with Crippen LogP contribution in [0.3, 0.4) is 0 Å². The molecule has 25 heavy (non-hydrogen) atoms. The van der Waals surface area contributed by atoms with Crippen molar-refractivity contribution in [1.29, 1.82) is 0 Å². The third-order valence-corrected chi connectivity index (χ3v) is 5.44. The normalized spacial score (nSPS) is 22.2. The fraction of sp³-hybridized carbons (Fsp3) is 0.579. The van der Waals surface area contributed by atoms with Crippen molar-refractivity contribution >= 4 is 23.3 Å². The van der Waals surface area contributed by atoms with Gasteiger partial charge in [0, 0.05) is 38.1 Å². The highest BCUT2D eigenvalue weighted by molar-refractivity contribution is 6.01. The fourth-order valence-corrected chi connectivity index (χ4v) is 3.91. The maximum atomic E-state index is 12.4. The lowest BCUT2D eigenvalue weighted by atomic mass is 10.1. The van der Waals surface area contributed by atoms with Crippen molar-refractivity contribution in [2.45, 2.75) is 50.6 Å². The Morgan fingerprint density at radius 3 is 2.48 bits per heavy atom. The minimum Gasteiger partial charge on any atom is -0.335 e. The van der Waals surface area contributed by atoms with Crippen LogP contribution >= 0.6 is 0 Å². The third kappa shape index (κ3) is 3.79. The summed E-state index contributed by atoms with van der Waals surface area (Å²) in [6, 6.07) is 8.40. The van der Waals surface area contributed by atoms with E-state index in [2.05, 4.69) is 15.5 Å². The zero-order valence-corrected chi connectivity index (χ0v) is 14.5. The second kappa shape index (κ2) is 7.04. The van der Waals surface area contributed by atoms with Crippen LogP contribution in [0.25, 0.3) is 0 Å². The molecule has 0 atom stereocenters. The van der Waals surface area contributed by atoms with Crippen LogP contribution in [0, 0.1) is 0 Å². The van der Waals surface area contributed by atoms with E-state index in [0.717, 1.165) is 50.6 Å². The molecule has 0 unspecified atom stereocenters. The van der Waals surface area contributed by atoms with Crippen LogP contribution in [-0.2, 0) is 4.79 Å². The van der Waals surface area contributed by atoms with E-state index in [9.17, 15) is 9.59 Å². The average Bonchev–Trinajstić information content (AvgIpc) is 3.38. The van der Waals surface area contributed by atoms with Gasteiger partial charge in [-0.3, -0.25) is 4.79 Å². The Balaban J connectivity index is 1.34. The summed E-state index contributed by atoms with van der Waals surface area (Å²) in [7, 11) is 0. The maximum Gasteiger partial charge on any atom is 0.319 e. The lowest BCUT2D eigenvalue weighted by Crippen LogP contribution is -2.46. The highest BCUT2D eigenvalue weighted by Crippen LogP contribution is 2.30. The van der Waals surface area contributed by atoms with Crippen molar-refractivity contribution in [3.8, 4) is 0 Å². The first-order valence-electron chi connectivity index (χ1n) is 9.41. The predicted molar refractivity (Wildman–Crippen MR) is 97.8 cm³/mol. The van der Waals surface area contributed by atoms with Crippen molar-refractivity contribution in [1.82, 2.24) is 10.2 Å². The number of nitrogens with zero attached hydrogens (tertiary/aromatic N) is 2. The molecule has 3 aliphatic rings. The molecule has 2 saturated heterocycles. The van der Waals surface area contributed by atoms with E-state index in [1.54, 1.807) is 4.90 Å². The molecule has 1 aromatic carbocycles. The smallest absolute Gasteiger partial charge is 0.319 e. The van der Waals surface area contributed by atoms with Crippen LogP contribution in [-0.4, -0.2) is 48.6 Å². The van der Waals surface area contributed by atoms with Gasteiger partial charge in [0.1, 0.15) is 0 Å². The number of hydrogen-bond donors (Lipinski definition) is 2. The molecule has 1 aliphatic carbocycles. The van der Waals surface area contributed by atoms with Crippen LogP contribution in [0.15, 0.2) is 24.3 Å². The number of urea groups is 1. The Bertz CT molecular complexity index is 651. The van der Waals surface area contributed by atoms with Gasteiger partial charge in [-0.25, -0.2) is 4.79 Å². The van der Waals surface area contributed by atoms with Gasteiger partial charge in [-0.15, -0.1) is 0 Å². The molecular formula is C19H26N4O2. The Labute approximate surface area is 148 Å². The van der Waals surface area contributed by atoms with E-state index in [1.807, 2.05) is 24.3 Å². The van der Waals surface area contributed by atoms with Crippen molar-refractivity contribution in [3.63, 3.8) is 0 Å². The summed E-state index contributed by atoms with van der Waals surface area (Å²) < 4.78 is 0. The number of benzene rings is 1. The highest BCUT2D eigenvalue weighted by atomic mass is 16.2. The number of anilines is 2. The average molecular weight is 342 g/mol. The zero-order chi connectivity index (χ0) is 17.2. The molecular weight excluding hydrogens is 316 g/mol. The summed E-state index contributed by atoms with van der Waals surface area (Å²) in [5.74, 6) is 0.127. The molecule has 6 heteroatoms. The number of nitrogens with one attached hydrogen (secondary N) is 2. The molecule has 0 spiro atoms. The van der Waals surface area contributed by atoms with E-state index < -0.39 is 0 Å². The Hall–Kier alpha value is -2.08. The van der Waals surface area contributed by atoms with Crippen molar-refractivity contribution in [2.75, 3.05) is 29.9 Å². The summed E-state index contributed by atoms with van der Waals surface area (Å²) >= 11 is 0. The highest BCUT2D eigenvalue weighted by Gasteiger charge is 2.32. The summed E-state index contributed by atoms with van der Waals surface area (Å²) in [6.07, 6.45) is 6.15. The maximum absolute atomic E-state index is 12.4. The quantitative estimate of drug-likeness (QED) is 0.884. The molecule has 0 bridgehead atoms. The van der Waals surface area contributed by atoms with E-state index in [-0.39, 0.29) is 18.0 Å². The topological polar surface area (TPSA) is 64.7 Å². The van der Waals surface area contributed by atoms with E-state index in [1.165, 1.54) is 12.8 Å². The molecule has 3 fully saturated rings. The van der Waals surface area contributed by atoms with Crippen molar-refractivity contribution < 1.29 is 9.59 Å². The first kappa shape index (κ1) is 16.4. The molecule has 0 aromatic heterocycles. The second-order valence-corrected chi connectivity index (χ2v) is 7.31. The number of hydrogen-bond acceptors (Lipinski definition) is 3. The van der Waals surface area contributed by atoms with Crippen molar-refractivity contribution in [3.05, 3.63) is 24.3 Å². The second-order valence-electron chi connectivity index (χ2n) is 7.31. The van der Waals surface area contributed by atoms with Gasteiger partial charge in [0.15, 0.2) is 0 Å². The standard InChI is InChI=1S/C19H26N4O2/c24-18-6-3-11-23(18)17-5-2-1-4-16(17)21-19(25)20-14-9-12-22(13-10-14)15-7-8-15/h1-2,4-5,14-15H,3,6-13H2,(H2,20,21,25). The van der Waals surface area contributed by atoms with E-state index in [0.29, 0.717) is 12.1 Å². The van der Waals surface area contributed by atoms with Crippen LogP contribution in [0.5, 0.6) is 0 Å². The van der Waals surface area contributed by atoms with E-state index >= 15 is 0 Å². The molecule has 4 rings (SSSR count). The van der Waals surface area contributed by atoms with Gasteiger partial charge in [0.05, 0.1) is 11.4 Å². The number of likely N-dealkylation sites (tertiary alicyclic amines) is 1. The summed E-state index contributed by atoms with van der Waals surface area (Å²) in [5, 5.41) is 6.04. The third-order valence-electron chi connectivity index (χ3n) is 5.44. The molecule has 1 aromatic rings. The van der Waals surface area contributed by atoms with Crippen LogP contribution in [0.1, 0.15) is 38.5 Å². The monoisotopic (exact) mass is 342 g/mol. The number of rotatable bonds is 4. The molecule has 2 aliphatic heterocycles. The van der Waals surface area contributed by atoms with Gasteiger partial charge in [-0.2, -0.15) is 0 Å². The lowest BCUT2D eigenvalue weighted by molar-refractivity contribution is -0.117. The van der Waals surface area contributed by atoms with Gasteiger partial charge in [-0.05, 0) is 44.2 Å². The SMILES string of the molecule is O=C(Nc1ccccc1N1CCCC1=O)NC1CCN(C2CC2)CC1. The Kier molecular flexibility index (Phi) is 4.61. The Morgan fingerprint density at radius 2 is 1.80 bits per heavy atom. The first-order valence-corrected chi connectivity index (χ1v) is 9.41. The van der Waals surface area contributed by atoms with Crippen LogP contribution in [0.2, 0.25) is 0 Å². The van der Waals surface area contributed by atoms with Gasteiger partial charge in [0.2, 0.25) is 5.91 Å². The van der Waals surface area contributed by atoms with Gasteiger partial charge in [0.25, 0.3) is 0 Å². The summed E-state index contributed by atoms with van der Waals surface area (Å²) in [4.78, 5) is 28.7. The molecule has 2 heterocycles. The predicted octanol–water partition coefficient (Wildman–Crippen LogP) is 2.56. The number of para-hydroxylation sites is 2. The van der Waals surface area contributed by atoms with E-state index in [4.69, 9.17) is 0 Å². The Morgan fingerprint density at radius 1 is 1.04 bits per heavy atom. The number of amides is 3. The lowest BCUT2D eigenvalue weighted by Gasteiger charge is -2.32. The first-order chi connectivity index (χ1) is 12.2. The molecule has 2 N–H and O–H groups in total. The molecule has 3 amide bonds. The largest absolute Gasteiger partial charge is 0.335 e. The van der Waals surface area contributed by atoms with Crippen molar-refractivity contribution in [2.24, 2.45) is 0 Å². The molecule has 1 saturated carbocycles. The molecule has 0 radical (unpaired) electrons. The number of carbonyl (C=O) groups is 2. The van der Waals surface area contributed by atoms with Crippen LogP contribution in [0.4, 0.5) is 16.2 Å². The number of piperidine rings is 1. The van der Waals surface area contributed by atoms with Gasteiger partial charge >= 0.3 is 6.03 Å². The molecule has 6 nitrogen and oxygen atoms in total.